The molecule has 0 spiro atoms. The number of rotatable bonds is 10. The molecule has 0 radical (unpaired) electrons. The molecule has 1 atom stereocenters. The summed E-state index contributed by atoms with van der Waals surface area (Å²) in [5.74, 6) is -1.03. The second-order valence-electron chi connectivity index (χ2n) is 8.43. The van der Waals surface area contributed by atoms with Crippen LogP contribution in [0.4, 0.5) is 0 Å². The number of carboxylic acids is 1. The highest BCUT2D eigenvalue weighted by Crippen LogP contribution is 2.38. The van der Waals surface area contributed by atoms with E-state index in [0.29, 0.717) is 12.8 Å². The molecular weight excluding hydrogens is 418 g/mol. The molecule has 3 aromatic carbocycles. The van der Waals surface area contributed by atoms with Crippen LogP contribution in [0.5, 0.6) is 11.5 Å². The number of carbonyl (C=O) groups excluding carboxylic acids is 1. The number of nitrogens with one attached hydrogen (secondary N) is 1. The normalized spacial score (nSPS) is 12.2. The highest BCUT2D eigenvalue weighted by molar-refractivity contribution is 5.83. The quantitative estimate of drug-likeness (QED) is 0.369. The van der Waals surface area contributed by atoms with E-state index in [-0.39, 0.29) is 30.2 Å². The standard InChI is InChI=1S/C27H29NO5/c1-27(20-9-13-22(29)14-10-20,21-11-15-23(30)16-12-21)17-5-8-25(31)28-24(26(32)33)18-19-6-3-2-4-7-19/h2-4,6-7,9-16,24,29-30H,5,8,17-18H2,1H3,(H,28,31)(H,32,33)/t24-/m0/s1. The number of phenols is 2. The monoisotopic (exact) mass is 447 g/mol. The Hall–Kier alpha value is -3.80. The third kappa shape index (κ3) is 6.35. The van der Waals surface area contributed by atoms with Crippen molar-refractivity contribution in [3.05, 3.63) is 95.6 Å². The minimum atomic E-state index is -1.06. The summed E-state index contributed by atoms with van der Waals surface area (Å²) in [5, 5.41) is 31.5. The van der Waals surface area contributed by atoms with Crippen LogP contribution in [0.3, 0.4) is 0 Å². The molecule has 0 aliphatic carbocycles. The number of aromatic hydroxyl groups is 2. The number of carboxylic acid groups (broad SMARTS) is 1. The Morgan fingerprint density at radius 3 is 1.85 bits per heavy atom. The van der Waals surface area contributed by atoms with Crippen molar-refractivity contribution in [1.29, 1.82) is 0 Å². The smallest absolute Gasteiger partial charge is 0.326 e. The molecule has 0 fully saturated rings. The van der Waals surface area contributed by atoms with Crippen LogP contribution >= 0.6 is 0 Å². The molecule has 4 N–H and O–H groups in total. The predicted octanol–water partition coefficient (Wildman–Crippen LogP) is 4.39. The van der Waals surface area contributed by atoms with Crippen molar-refractivity contribution in [2.24, 2.45) is 0 Å². The van der Waals surface area contributed by atoms with E-state index in [1.54, 1.807) is 24.3 Å². The number of hydrogen-bond donors (Lipinski definition) is 4. The van der Waals surface area contributed by atoms with Gasteiger partial charge in [0.05, 0.1) is 0 Å². The molecule has 0 saturated carbocycles. The Morgan fingerprint density at radius 2 is 1.36 bits per heavy atom. The van der Waals surface area contributed by atoms with Gasteiger partial charge in [-0.2, -0.15) is 0 Å². The van der Waals surface area contributed by atoms with E-state index in [2.05, 4.69) is 12.2 Å². The minimum Gasteiger partial charge on any atom is -0.508 e. The maximum absolute atomic E-state index is 12.6. The molecule has 0 aliphatic rings. The van der Waals surface area contributed by atoms with Gasteiger partial charge in [-0.05, 0) is 53.8 Å². The Morgan fingerprint density at radius 1 is 0.848 bits per heavy atom. The molecule has 6 heteroatoms. The first-order valence-electron chi connectivity index (χ1n) is 10.9. The maximum Gasteiger partial charge on any atom is 0.326 e. The van der Waals surface area contributed by atoms with E-state index >= 15 is 0 Å². The number of carbonyl (C=O) groups is 2. The fraction of sp³-hybridized carbons (Fsp3) is 0.259. The fourth-order valence-electron chi connectivity index (χ4n) is 4.03. The maximum atomic E-state index is 12.6. The molecule has 0 unspecified atom stereocenters. The van der Waals surface area contributed by atoms with Gasteiger partial charge in [0.1, 0.15) is 17.5 Å². The number of hydrogen-bond acceptors (Lipinski definition) is 4. The van der Waals surface area contributed by atoms with Crippen molar-refractivity contribution in [2.75, 3.05) is 0 Å². The zero-order chi connectivity index (χ0) is 23.8. The van der Waals surface area contributed by atoms with E-state index < -0.39 is 17.4 Å². The van der Waals surface area contributed by atoms with Crippen LogP contribution in [-0.2, 0) is 21.4 Å². The van der Waals surface area contributed by atoms with E-state index in [4.69, 9.17) is 0 Å². The van der Waals surface area contributed by atoms with Crippen molar-refractivity contribution in [3.63, 3.8) is 0 Å². The van der Waals surface area contributed by atoms with Gasteiger partial charge in [-0.15, -0.1) is 0 Å². The minimum absolute atomic E-state index is 0.171. The van der Waals surface area contributed by atoms with Crippen molar-refractivity contribution in [2.45, 2.75) is 44.1 Å². The molecule has 0 aliphatic heterocycles. The number of amides is 1. The molecule has 3 aromatic rings. The number of benzene rings is 3. The molecule has 3 rings (SSSR count). The zero-order valence-electron chi connectivity index (χ0n) is 18.6. The van der Waals surface area contributed by atoms with Crippen LogP contribution in [-0.4, -0.2) is 33.2 Å². The fourth-order valence-corrected chi connectivity index (χ4v) is 4.03. The van der Waals surface area contributed by atoms with Crippen LogP contribution < -0.4 is 5.32 Å². The average molecular weight is 448 g/mol. The lowest BCUT2D eigenvalue weighted by Crippen LogP contribution is -2.42. The summed E-state index contributed by atoms with van der Waals surface area (Å²) in [4.78, 5) is 24.2. The third-order valence-electron chi connectivity index (χ3n) is 6.01. The number of aliphatic carboxylic acids is 1. The summed E-state index contributed by atoms with van der Waals surface area (Å²) in [6.07, 6.45) is 1.55. The predicted molar refractivity (Wildman–Crippen MR) is 126 cm³/mol. The van der Waals surface area contributed by atoms with Gasteiger partial charge in [0, 0.05) is 18.3 Å². The third-order valence-corrected chi connectivity index (χ3v) is 6.01. The molecular formula is C27H29NO5. The lowest BCUT2D eigenvalue weighted by atomic mass is 9.72. The zero-order valence-corrected chi connectivity index (χ0v) is 18.6. The van der Waals surface area contributed by atoms with Gasteiger partial charge in [-0.1, -0.05) is 61.5 Å². The number of phenolic OH excluding ortho intramolecular Hbond substituents is 2. The van der Waals surface area contributed by atoms with Gasteiger partial charge < -0.3 is 20.6 Å². The van der Waals surface area contributed by atoms with E-state index in [9.17, 15) is 24.9 Å². The van der Waals surface area contributed by atoms with Crippen LogP contribution in [0.15, 0.2) is 78.9 Å². The Bertz CT molecular complexity index is 1020. The average Bonchev–Trinajstić information content (AvgIpc) is 2.80. The van der Waals surface area contributed by atoms with Gasteiger partial charge in [-0.3, -0.25) is 4.79 Å². The van der Waals surface area contributed by atoms with Crippen LogP contribution in [0.25, 0.3) is 0 Å². The molecule has 33 heavy (non-hydrogen) atoms. The molecule has 172 valence electrons. The summed E-state index contributed by atoms with van der Waals surface area (Å²) < 4.78 is 0. The van der Waals surface area contributed by atoms with Gasteiger partial charge >= 0.3 is 5.97 Å². The summed E-state index contributed by atoms with van der Waals surface area (Å²) in [5.41, 5.74) is 2.33. The largest absolute Gasteiger partial charge is 0.508 e. The van der Waals surface area contributed by atoms with Crippen LogP contribution in [0.1, 0.15) is 42.9 Å². The molecule has 0 heterocycles. The highest BCUT2D eigenvalue weighted by Gasteiger charge is 2.29. The SMILES string of the molecule is CC(CCCC(=O)N[C@@H](Cc1ccccc1)C(=O)O)(c1ccc(O)cc1)c1ccc(O)cc1. The van der Waals surface area contributed by atoms with Gasteiger partial charge in [0.25, 0.3) is 0 Å². The molecule has 0 aromatic heterocycles. The van der Waals surface area contributed by atoms with Crippen molar-refractivity contribution < 1.29 is 24.9 Å². The second kappa shape index (κ2) is 10.7. The lowest BCUT2D eigenvalue weighted by Gasteiger charge is -2.31. The van der Waals surface area contributed by atoms with Crippen molar-refractivity contribution in [1.82, 2.24) is 5.32 Å². The van der Waals surface area contributed by atoms with E-state index in [1.165, 1.54) is 0 Å². The van der Waals surface area contributed by atoms with Crippen LogP contribution in [0.2, 0.25) is 0 Å². The first-order chi connectivity index (χ1) is 15.8. The van der Waals surface area contributed by atoms with Gasteiger partial charge in [0.2, 0.25) is 5.91 Å². The second-order valence-corrected chi connectivity index (χ2v) is 8.43. The Labute approximate surface area is 193 Å². The van der Waals surface area contributed by atoms with Crippen molar-refractivity contribution in [3.8, 4) is 11.5 Å². The molecule has 1 amide bonds. The molecule has 0 bridgehead atoms. The first kappa shape index (κ1) is 23.9. The highest BCUT2D eigenvalue weighted by atomic mass is 16.4. The van der Waals surface area contributed by atoms with E-state index in [1.807, 2.05) is 54.6 Å². The Kier molecular flexibility index (Phi) is 7.72. The van der Waals surface area contributed by atoms with Gasteiger partial charge in [-0.25, -0.2) is 4.79 Å². The lowest BCUT2D eigenvalue weighted by molar-refractivity contribution is -0.141. The van der Waals surface area contributed by atoms with E-state index in [0.717, 1.165) is 16.7 Å². The summed E-state index contributed by atoms with van der Waals surface area (Å²) >= 11 is 0. The van der Waals surface area contributed by atoms with Gasteiger partial charge in [0.15, 0.2) is 0 Å². The van der Waals surface area contributed by atoms with Crippen molar-refractivity contribution >= 4 is 11.9 Å². The Balaban J connectivity index is 1.67. The topological polar surface area (TPSA) is 107 Å². The summed E-state index contributed by atoms with van der Waals surface area (Å²) in [7, 11) is 0. The van der Waals surface area contributed by atoms with Crippen LogP contribution in [0, 0.1) is 0 Å². The summed E-state index contributed by atoms with van der Waals surface area (Å²) in [6.45, 7) is 2.05. The summed E-state index contributed by atoms with van der Waals surface area (Å²) in [6, 6.07) is 22.1. The first-order valence-corrected chi connectivity index (χ1v) is 10.9. The molecule has 0 saturated heterocycles. The molecule has 6 nitrogen and oxygen atoms in total.